The van der Waals surface area contributed by atoms with Crippen molar-refractivity contribution >= 4 is 50.8 Å². The van der Waals surface area contributed by atoms with Crippen LogP contribution < -0.4 is 20.7 Å². The summed E-state index contributed by atoms with van der Waals surface area (Å²) in [6, 6.07) is 11.9. The first-order valence-corrected chi connectivity index (χ1v) is 9.37. The number of amides is 2. The van der Waals surface area contributed by atoms with Crippen molar-refractivity contribution in [1.82, 2.24) is 10.6 Å². The van der Waals surface area contributed by atoms with Gasteiger partial charge in [-0.2, -0.15) is 0 Å². The number of hydrogen-bond donors (Lipinski definition) is 3. The molecule has 0 fully saturated rings. The van der Waals surface area contributed by atoms with Crippen LogP contribution in [-0.4, -0.2) is 30.1 Å². The number of methoxy groups -OCH3 is 1. The van der Waals surface area contributed by atoms with Crippen molar-refractivity contribution in [3.05, 3.63) is 58.1 Å². The highest BCUT2D eigenvalue weighted by Gasteiger charge is 2.11. The molecule has 0 aliphatic heterocycles. The number of hydrogen-bond acceptors (Lipinski definition) is 4. The Kier molecular flexibility index (Phi) is 7.32. The lowest BCUT2D eigenvalue weighted by Gasteiger charge is -2.12. The van der Waals surface area contributed by atoms with Crippen molar-refractivity contribution in [3.8, 4) is 5.75 Å². The maximum atomic E-state index is 12.3. The standard InChI is InChI=1S/C19H20BrN3O3S/c1-11(2)21-17(24)12-4-7-14(8-5-12)22-19(27)23-18(25)13-6-9-16(26-3)15(20)10-13/h4-11H,1-3H3,(H,21,24)(H2,22,23,25,27). The van der Waals surface area contributed by atoms with E-state index in [0.29, 0.717) is 27.0 Å². The van der Waals surface area contributed by atoms with Crippen LogP contribution in [0, 0.1) is 0 Å². The van der Waals surface area contributed by atoms with Crippen molar-refractivity contribution < 1.29 is 14.3 Å². The Balaban J connectivity index is 1.96. The van der Waals surface area contributed by atoms with Gasteiger partial charge in [0.25, 0.3) is 11.8 Å². The Morgan fingerprint density at radius 2 is 1.67 bits per heavy atom. The molecule has 2 rings (SSSR count). The van der Waals surface area contributed by atoms with Gasteiger partial charge >= 0.3 is 0 Å². The van der Waals surface area contributed by atoms with E-state index in [9.17, 15) is 9.59 Å². The predicted molar refractivity (Wildman–Crippen MR) is 113 cm³/mol. The second-order valence-electron chi connectivity index (χ2n) is 5.96. The molecule has 0 saturated heterocycles. The van der Waals surface area contributed by atoms with E-state index >= 15 is 0 Å². The number of rotatable bonds is 5. The van der Waals surface area contributed by atoms with Crippen LogP contribution >= 0.6 is 28.1 Å². The molecule has 6 nitrogen and oxygen atoms in total. The van der Waals surface area contributed by atoms with Gasteiger partial charge in [-0.25, -0.2) is 0 Å². The molecule has 142 valence electrons. The van der Waals surface area contributed by atoms with Gasteiger partial charge in [0.2, 0.25) is 0 Å². The summed E-state index contributed by atoms with van der Waals surface area (Å²) in [5.41, 5.74) is 1.65. The van der Waals surface area contributed by atoms with Crippen LogP contribution in [0.25, 0.3) is 0 Å². The second-order valence-corrected chi connectivity index (χ2v) is 7.23. The van der Waals surface area contributed by atoms with Gasteiger partial charge in [-0.05, 0) is 84.5 Å². The minimum absolute atomic E-state index is 0.0658. The Hall–Kier alpha value is -2.45. The molecule has 0 heterocycles. The molecule has 0 atom stereocenters. The number of nitrogens with one attached hydrogen (secondary N) is 3. The minimum Gasteiger partial charge on any atom is -0.496 e. The summed E-state index contributed by atoms with van der Waals surface area (Å²) in [6.45, 7) is 3.80. The third-order valence-corrected chi connectivity index (χ3v) is 4.29. The summed E-state index contributed by atoms with van der Waals surface area (Å²) in [4.78, 5) is 24.2. The van der Waals surface area contributed by atoms with Gasteiger partial charge < -0.3 is 15.4 Å². The summed E-state index contributed by atoms with van der Waals surface area (Å²) in [7, 11) is 1.55. The summed E-state index contributed by atoms with van der Waals surface area (Å²) in [6.07, 6.45) is 0. The molecular weight excluding hydrogens is 430 g/mol. The molecule has 0 unspecified atom stereocenters. The molecule has 8 heteroatoms. The summed E-state index contributed by atoms with van der Waals surface area (Å²) in [5.74, 6) is 0.148. The maximum Gasteiger partial charge on any atom is 0.257 e. The van der Waals surface area contributed by atoms with Crippen molar-refractivity contribution in [1.29, 1.82) is 0 Å². The minimum atomic E-state index is -0.344. The van der Waals surface area contributed by atoms with Gasteiger partial charge in [0.15, 0.2) is 5.11 Å². The topological polar surface area (TPSA) is 79.5 Å². The van der Waals surface area contributed by atoms with Crippen LogP contribution in [0.4, 0.5) is 5.69 Å². The Bertz CT molecular complexity index is 854. The van der Waals surface area contributed by atoms with Crippen molar-refractivity contribution in [3.63, 3.8) is 0 Å². The highest BCUT2D eigenvalue weighted by Crippen LogP contribution is 2.25. The van der Waals surface area contributed by atoms with Crippen LogP contribution in [0.1, 0.15) is 34.6 Å². The quantitative estimate of drug-likeness (QED) is 0.606. The monoisotopic (exact) mass is 449 g/mol. The van der Waals surface area contributed by atoms with Crippen LogP contribution in [0.3, 0.4) is 0 Å². The number of carbonyl (C=O) groups excluding carboxylic acids is 2. The van der Waals surface area contributed by atoms with Crippen LogP contribution in [0.2, 0.25) is 0 Å². The second kappa shape index (κ2) is 9.48. The molecule has 0 aromatic heterocycles. The third kappa shape index (κ3) is 6.04. The van der Waals surface area contributed by atoms with Gasteiger partial charge in [-0.15, -0.1) is 0 Å². The first-order chi connectivity index (χ1) is 12.8. The van der Waals surface area contributed by atoms with E-state index in [1.54, 1.807) is 49.6 Å². The normalized spacial score (nSPS) is 10.3. The van der Waals surface area contributed by atoms with E-state index in [0.717, 1.165) is 0 Å². The first kappa shape index (κ1) is 20.9. The molecule has 27 heavy (non-hydrogen) atoms. The number of halogens is 1. The van der Waals surface area contributed by atoms with E-state index < -0.39 is 0 Å². The Labute approximate surface area is 171 Å². The fraction of sp³-hybridized carbons (Fsp3) is 0.211. The number of thiocarbonyl (C=S) groups is 1. The van der Waals surface area contributed by atoms with Crippen molar-refractivity contribution in [2.24, 2.45) is 0 Å². The number of carbonyl (C=O) groups is 2. The summed E-state index contributed by atoms with van der Waals surface area (Å²) < 4.78 is 5.82. The van der Waals surface area contributed by atoms with Crippen LogP contribution in [0.15, 0.2) is 46.9 Å². The Morgan fingerprint density at radius 3 is 2.22 bits per heavy atom. The van der Waals surface area contributed by atoms with Gasteiger partial charge in [-0.1, -0.05) is 0 Å². The average molecular weight is 450 g/mol. The van der Waals surface area contributed by atoms with Gasteiger partial charge in [0.1, 0.15) is 5.75 Å². The van der Waals surface area contributed by atoms with Gasteiger partial charge in [0.05, 0.1) is 11.6 Å². The molecule has 0 bridgehead atoms. The third-order valence-electron chi connectivity index (χ3n) is 3.47. The largest absolute Gasteiger partial charge is 0.496 e. The number of benzene rings is 2. The van der Waals surface area contributed by atoms with Crippen LogP contribution in [-0.2, 0) is 0 Å². The molecule has 0 spiro atoms. The molecule has 0 aliphatic carbocycles. The van der Waals surface area contributed by atoms with E-state index in [2.05, 4.69) is 31.9 Å². The van der Waals surface area contributed by atoms with E-state index in [1.165, 1.54) is 0 Å². The lowest BCUT2D eigenvalue weighted by atomic mass is 10.2. The molecule has 0 aliphatic rings. The Morgan fingerprint density at radius 1 is 1.04 bits per heavy atom. The predicted octanol–water partition coefficient (Wildman–Crippen LogP) is 3.72. The zero-order valence-corrected chi connectivity index (χ0v) is 17.5. The molecular formula is C19H20BrN3O3S. The first-order valence-electron chi connectivity index (χ1n) is 8.17. The highest BCUT2D eigenvalue weighted by molar-refractivity contribution is 9.10. The molecule has 2 amide bonds. The van der Waals surface area contributed by atoms with E-state index in [-0.39, 0.29) is 23.0 Å². The van der Waals surface area contributed by atoms with E-state index in [4.69, 9.17) is 17.0 Å². The zero-order valence-electron chi connectivity index (χ0n) is 15.1. The van der Waals surface area contributed by atoms with Crippen molar-refractivity contribution in [2.45, 2.75) is 19.9 Å². The fourth-order valence-corrected chi connectivity index (χ4v) is 2.95. The number of anilines is 1. The average Bonchev–Trinajstić information content (AvgIpc) is 2.61. The van der Waals surface area contributed by atoms with Gasteiger partial charge in [0, 0.05) is 22.9 Å². The van der Waals surface area contributed by atoms with Gasteiger partial charge in [-0.3, -0.25) is 14.9 Å². The molecule has 2 aromatic carbocycles. The smallest absolute Gasteiger partial charge is 0.257 e. The van der Waals surface area contributed by atoms with Crippen molar-refractivity contribution in [2.75, 3.05) is 12.4 Å². The molecule has 0 radical (unpaired) electrons. The lowest BCUT2D eigenvalue weighted by molar-refractivity contribution is 0.0941. The van der Waals surface area contributed by atoms with Crippen LogP contribution in [0.5, 0.6) is 5.75 Å². The SMILES string of the molecule is COc1ccc(C(=O)NC(=S)Nc2ccc(C(=O)NC(C)C)cc2)cc1Br. The molecule has 2 aromatic rings. The molecule has 0 saturated carbocycles. The molecule has 3 N–H and O–H groups in total. The number of ether oxygens (including phenoxy) is 1. The fourth-order valence-electron chi connectivity index (χ4n) is 2.20. The van der Waals surface area contributed by atoms with E-state index in [1.807, 2.05) is 13.8 Å². The lowest BCUT2D eigenvalue weighted by Crippen LogP contribution is -2.34. The highest BCUT2D eigenvalue weighted by atomic mass is 79.9. The zero-order chi connectivity index (χ0) is 20.0. The summed E-state index contributed by atoms with van der Waals surface area (Å²) >= 11 is 8.52. The maximum absolute atomic E-state index is 12.3. The summed E-state index contributed by atoms with van der Waals surface area (Å²) in [5, 5.41) is 8.51.